The number of methoxy groups -OCH3 is 1. The lowest BCUT2D eigenvalue weighted by molar-refractivity contribution is -0.146. The highest BCUT2D eigenvalue weighted by Crippen LogP contribution is 2.26. The van der Waals surface area contributed by atoms with Crippen molar-refractivity contribution < 1.29 is 14.3 Å². The van der Waals surface area contributed by atoms with E-state index in [1.54, 1.807) is 7.05 Å². The predicted molar refractivity (Wildman–Crippen MR) is 114 cm³/mol. The van der Waals surface area contributed by atoms with Gasteiger partial charge in [-0.1, -0.05) is 25.0 Å². The molecule has 158 valence electrons. The number of nitrogens with one attached hydrogen (secondary N) is 2. The monoisotopic (exact) mass is 400 g/mol. The van der Waals surface area contributed by atoms with Gasteiger partial charge in [-0.05, 0) is 43.4 Å². The number of rotatable bonds is 5. The van der Waals surface area contributed by atoms with Crippen LogP contribution in [0.4, 0.5) is 5.69 Å². The number of guanidine groups is 1. The highest BCUT2D eigenvalue weighted by molar-refractivity contribution is 5.92. The summed E-state index contributed by atoms with van der Waals surface area (Å²) in [7, 11) is 3.21. The van der Waals surface area contributed by atoms with E-state index in [0.717, 1.165) is 68.8 Å². The standard InChI is InChI=1S/C22H32N4O3/c1-23-22(26-12-10-18(11-13-26)21(28)29-2)24-15-16-6-5-9-19(14-16)25-20(27)17-7-3-4-8-17/h5-6,9,14,17-18H,3-4,7-8,10-13,15H2,1-2H3,(H,23,24)(H,25,27). The Hall–Kier alpha value is -2.57. The number of carbonyl (C=O) groups is 2. The molecule has 1 heterocycles. The Balaban J connectivity index is 1.51. The molecule has 1 aromatic carbocycles. The van der Waals surface area contributed by atoms with Gasteiger partial charge in [0, 0.05) is 38.3 Å². The van der Waals surface area contributed by atoms with Gasteiger partial charge >= 0.3 is 5.97 Å². The first kappa shape index (κ1) is 21.1. The minimum absolute atomic E-state index is 0.0190. The summed E-state index contributed by atoms with van der Waals surface area (Å²) in [5, 5.41) is 6.46. The van der Waals surface area contributed by atoms with Gasteiger partial charge in [0.2, 0.25) is 5.91 Å². The zero-order valence-electron chi connectivity index (χ0n) is 17.4. The number of esters is 1. The fourth-order valence-electron chi connectivity index (χ4n) is 4.20. The smallest absolute Gasteiger partial charge is 0.308 e. The lowest BCUT2D eigenvalue weighted by Crippen LogP contribution is -2.46. The summed E-state index contributed by atoms with van der Waals surface area (Å²) in [6.07, 6.45) is 5.84. The molecule has 29 heavy (non-hydrogen) atoms. The topological polar surface area (TPSA) is 83.0 Å². The summed E-state index contributed by atoms with van der Waals surface area (Å²) in [6, 6.07) is 7.94. The summed E-state index contributed by atoms with van der Waals surface area (Å²) in [5.74, 6) is 0.979. The number of nitrogens with zero attached hydrogens (tertiary/aromatic N) is 2. The minimum atomic E-state index is -0.121. The molecule has 0 atom stereocenters. The molecular weight excluding hydrogens is 368 g/mol. The first-order valence-electron chi connectivity index (χ1n) is 10.5. The normalized spacial score (nSPS) is 18.6. The first-order chi connectivity index (χ1) is 14.1. The zero-order chi connectivity index (χ0) is 20.6. The molecule has 0 spiro atoms. The average molecular weight is 401 g/mol. The third-order valence-electron chi connectivity index (χ3n) is 5.91. The number of hydrogen-bond donors (Lipinski definition) is 2. The molecule has 0 aromatic heterocycles. The molecule has 2 aliphatic rings. The highest BCUT2D eigenvalue weighted by atomic mass is 16.5. The Morgan fingerprint density at radius 2 is 1.86 bits per heavy atom. The van der Waals surface area contributed by atoms with Gasteiger partial charge in [-0.2, -0.15) is 0 Å². The van der Waals surface area contributed by atoms with E-state index in [1.165, 1.54) is 7.11 Å². The fraction of sp³-hybridized carbons (Fsp3) is 0.591. The molecule has 7 heteroatoms. The summed E-state index contributed by atoms with van der Waals surface area (Å²) < 4.78 is 4.85. The summed E-state index contributed by atoms with van der Waals surface area (Å²) in [6.45, 7) is 2.17. The van der Waals surface area contributed by atoms with Gasteiger partial charge in [0.25, 0.3) is 0 Å². The van der Waals surface area contributed by atoms with E-state index in [4.69, 9.17) is 4.74 Å². The van der Waals surface area contributed by atoms with Gasteiger partial charge in [0.05, 0.1) is 13.0 Å². The number of piperidine rings is 1. The second kappa shape index (κ2) is 10.3. The van der Waals surface area contributed by atoms with Crippen LogP contribution in [0.15, 0.2) is 29.3 Å². The number of aliphatic imine (C=N–C) groups is 1. The van der Waals surface area contributed by atoms with Crippen LogP contribution in [0.25, 0.3) is 0 Å². The van der Waals surface area contributed by atoms with Crippen LogP contribution in [0.3, 0.4) is 0 Å². The van der Waals surface area contributed by atoms with Crippen molar-refractivity contribution in [2.45, 2.75) is 45.1 Å². The zero-order valence-corrected chi connectivity index (χ0v) is 17.4. The molecule has 1 aromatic rings. The largest absolute Gasteiger partial charge is 0.469 e. The van der Waals surface area contributed by atoms with Crippen molar-refractivity contribution in [1.29, 1.82) is 0 Å². The van der Waals surface area contributed by atoms with Gasteiger partial charge in [0.15, 0.2) is 5.96 Å². The average Bonchev–Trinajstić information content (AvgIpc) is 3.29. The maximum atomic E-state index is 12.4. The van der Waals surface area contributed by atoms with Crippen LogP contribution >= 0.6 is 0 Å². The number of carbonyl (C=O) groups excluding carboxylic acids is 2. The Morgan fingerprint density at radius 3 is 2.52 bits per heavy atom. The van der Waals surface area contributed by atoms with E-state index in [0.29, 0.717) is 6.54 Å². The van der Waals surface area contributed by atoms with Crippen molar-refractivity contribution >= 4 is 23.5 Å². The van der Waals surface area contributed by atoms with Crippen molar-refractivity contribution in [1.82, 2.24) is 10.2 Å². The Bertz CT molecular complexity index is 735. The van der Waals surface area contributed by atoms with Gasteiger partial charge in [-0.15, -0.1) is 0 Å². The minimum Gasteiger partial charge on any atom is -0.469 e. The van der Waals surface area contributed by atoms with Crippen LogP contribution in [0.1, 0.15) is 44.1 Å². The van der Waals surface area contributed by atoms with E-state index in [2.05, 4.69) is 20.5 Å². The van der Waals surface area contributed by atoms with Gasteiger partial charge < -0.3 is 20.3 Å². The predicted octanol–water partition coefficient (Wildman–Crippen LogP) is 2.78. The van der Waals surface area contributed by atoms with Crippen molar-refractivity contribution in [3.63, 3.8) is 0 Å². The second-order valence-electron chi connectivity index (χ2n) is 7.86. The molecule has 0 radical (unpaired) electrons. The molecule has 2 fully saturated rings. The second-order valence-corrected chi connectivity index (χ2v) is 7.86. The third-order valence-corrected chi connectivity index (χ3v) is 5.91. The number of amides is 1. The molecule has 2 N–H and O–H groups in total. The van der Waals surface area contributed by atoms with Gasteiger partial charge in [-0.3, -0.25) is 14.6 Å². The van der Waals surface area contributed by atoms with Crippen LogP contribution in [-0.2, 0) is 20.9 Å². The van der Waals surface area contributed by atoms with Crippen LogP contribution in [0.5, 0.6) is 0 Å². The molecule has 1 saturated heterocycles. The molecule has 0 unspecified atom stereocenters. The van der Waals surface area contributed by atoms with Crippen LogP contribution in [-0.4, -0.2) is 50.0 Å². The first-order valence-corrected chi connectivity index (χ1v) is 10.5. The quantitative estimate of drug-likeness (QED) is 0.451. The summed E-state index contributed by atoms with van der Waals surface area (Å²) in [5.41, 5.74) is 1.93. The van der Waals surface area contributed by atoms with E-state index in [1.807, 2.05) is 24.3 Å². The van der Waals surface area contributed by atoms with Crippen molar-refractivity contribution in [3.8, 4) is 0 Å². The fourth-order valence-corrected chi connectivity index (χ4v) is 4.20. The van der Waals surface area contributed by atoms with Crippen molar-refractivity contribution in [3.05, 3.63) is 29.8 Å². The molecule has 0 bridgehead atoms. The Morgan fingerprint density at radius 1 is 1.14 bits per heavy atom. The number of anilines is 1. The molecule has 3 rings (SSSR count). The van der Waals surface area contributed by atoms with Crippen LogP contribution in [0, 0.1) is 11.8 Å². The molecule has 1 amide bonds. The van der Waals surface area contributed by atoms with Crippen molar-refractivity contribution in [2.75, 3.05) is 32.6 Å². The lowest BCUT2D eigenvalue weighted by atomic mass is 9.97. The van der Waals surface area contributed by atoms with Crippen LogP contribution < -0.4 is 10.6 Å². The number of likely N-dealkylation sites (tertiary alicyclic amines) is 1. The maximum absolute atomic E-state index is 12.4. The highest BCUT2D eigenvalue weighted by Gasteiger charge is 2.27. The van der Waals surface area contributed by atoms with Gasteiger partial charge in [-0.25, -0.2) is 0 Å². The molecule has 7 nitrogen and oxygen atoms in total. The Kier molecular flexibility index (Phi) is 7.49. The molecule has 1 aliphatic carbocycles. The maximum Gasteiger partial charge on any atom is 0.308 e. The molecular formula is C22H32N4O3. The van der Waals surface area contributed by atoms with E-state index in [9.17, 15) is 9.59 Å². The van der Waals surface area contributed by atoms with Gasteiger partial charge in [0.1, 0.15) is 0 Å². The third kappa shape index (κ3) is 5.71. The summed E-state index contributed by atoms with van der Waals surface area (Å²) >= 11 is 0. The Labute approximate surface area is 172 Å². The molecule has 1 saturated carbocycles. The van der Waals surface area contributed by atoms with E-state index < -0.39 is 0 Å². The number of ether oxygens (including phenoxy) is 1. The lowest BCUT2D eigenvalue weighted by Gasteiger charge is -2.33. The SMILES string of the molecule is CN=C(NCc1cccc(NC(=O)C2CCCC2)c1)N1CCC(C(=O)OC)CC1. The van der Waals surface area contributed by atoms with E-state index >= 15 is 0 Å². The molecule has 1 aliphatic heterocycles. The number of hydrogen-bond acceptors (Lipinski definition) is 4. The van der Waals surface area contributed by atoms with E-state index in [-0.39, 0.29) is 23.7 Å². The summed E-state index contributed by atoms with van der Waals surface area (Å²) in [4.78, 5) is 30.6. The number of benzene rings is 1. The van der Waals surface area contributed by atoms with Crippen molar-refractivity contribution in [2.24, 2.45) is 16.8 Å². The van der Waals surface area contributed by atoms with Crippen LogP contribution in [0.2, 0.25) is 0 Å².